The van der Waals surface area contributed by atoms with Crippen LogP contribution in [0.2, 0.25) is 0 Å². The Morgan fingerprint density at radius 3 is 2.61 bits per heavy atom. The lowest BCUT2D eigenvalue weighted by Gasteiger charge is -2.30. The van der Waals surface area contributed by atoms with Gasteiger partial charge in [0.1, 0.15) is 5.75 Å². The third-order valence-corrected chi connectivity index (χ3v) is 4.39. The van der Waals surface area contributed by atoms with Crippen LogP contribution >= 0.6 is 0 Å². The Bertz CT molecular complexity index is 603. The number of anilines is 1. The molecule has 1 amide bonds. The second kappa shape index (κ2) is 7.06. The minimum absolute atomic E-state index is 0.0216. The maximum absolute atomic E-state index is 12.5. The quantitative estimate of drug-likeness (QED) is 0.666. The van der Waals surface area contributed by atoms with Crippen molar-refractivity contribution >= 4 is 11.6 Å². The molecule has 4 nitrogen and oxygen atoms in total. The third-order valence-electron chi connectivity index (χ3n) is 4.39. The molecule has 0 aliphatic carbocycles. The summed E-state index contributed by atoms with van der Waals surface area (Å²) in [7, 11) is 0. The van der Waals surface area contributed by atoms with Crippen LogP contribution in [0.25, 0.3) is 0 Å². The maximum atomic E-state index is 12.5. The normalized spacial score (nSPS) is 16.8. The van der Waals surface area contributed by atoms with Crippen molar-refractivity contribution in [3.05, 3.63) is 23.8 Å². The number of phenols is 1. The van der Waals surface area contributed by atoms with Gasteiger partial charge in [0.2, 0.25) is 5.91 Å². The van der Waals surface area contributed by atoms with Crippen LogP contribution in [0.5, 0.6) is 5.75 Å². The number of nitrogens with one attached hydrogen (secondary N) is 1. The van der Waals surface area contributed by atoms with E-state index in [2.05, 4.69) is 36.9 Å². The molecule has 0 saturated carbocycles. The molecule has 1 saturated heterocycles. The van der Waals surface area contributed by atoms with Crippen molar-refractivity contribution in [3.8, 4) is 18.1 Å². The lowest BCUT2D eigenvalue weighted by Crippen LogP contribution is -2.38. The molecule has 2 rings (SSSR count). The van der Waals surface area contributed by atoms with Gasteiger partial charge in [-0.25, -0.2) is 0 Å². The number of piperidine rings is 1. The molecule has 0 radical (unpaired) electrons. The minimum atomic E-state index is -0.0340. The number of benzene rings is 1. The highest BCUT2D eigenvalue weighted by atomic mass is 16.3. The second-order valence-corrected chi connectivity index (χ2v) is 7.23. The molecule has 0 atom stereocenters. The number of amides is 1. The zero-order chi connectivity index (χ0) is 17.0. The highest BCUT2D eigenvalue weighted by molar-refractivity contribution is 5.94. The fraction of sp³-hybridized carbons (Fsp3) is 0.526. The molecular weight excluding hydrogens is 288 g/mol. The van der Waals surface area contributed by atoms with Crippen molar-refractivity contribution in [2.45, 2.75) is 39.0 Å². The molecule has 0 aromatic heterocycles. The van der Waals surface area contributed by atoms with Gasteiger partial charge in [0.15, 0.2) is 0 Å². The summed E-state index contributed by atoms with van der Waals surface area (Å²) in [5, 5.41) is 12.9. The zero-order valence-electron chi connectivity index (χ0n) is 14.2. The number of phenolic OH excluding ortho intramolecular Hbond substituents is 1. The first kappa shape index (κ1) is 17.4. The first-order valence-corrected chi connectivity index (χ1v) is 8.11. The summed E-state index contributed by atoms with van der Waals surface area (Å²) >= 11 is 0. The summed E-state index contributed by atoms with van der Waals surface area (Å²) in [6.07, 6.45) is 6.92. The summed E-state index contributed by atoms with van der Waals surface area (Å²) in [5.74, 6) is 2.70. The molecule has 0 spiro atoms. The van der Waals surface area contributed by atoms with Crippen molar-refractivity contribution in [2.24, 2.45) is 5.92 Å². The molecule has 1 aromatic carbocycles. The molecule has 23 heavy (non-hydrogen) atoms. The number of carbonyl (C=O) groups is 1. The highest BCUT2D eigenvalue weighted by Gasteiger charge is 2.25. The van der Waals surface area contributed by atoms with Gasteiger partial charge in [-0.15, -0.1) is 6.42 Å². The van der Waals surface area contributed by atoms with Gasteiger partial charge in [0, 0.05) is 5.92 Å². The van der Waals surface area contributed by atoms with Crippen molar-refractivity contribution in [2.75, 3.05) is 25.0 Å². The maximum Gasteiger partial charge on any atom is 0.227 e. The topological polar surface area (TPSA) is 52.6 Å². The van der Waals surface area contributed by atoms with Gasteiger partial charge in [0.05, 0.1) is 12.2 Å². The van der Waals surface area contributed by atoms with Crippen LogP contribution in [0, 0.1) is 18.3 Å². The molecule has 1 aliphatic rings. The van der Waals surface area contributed by atoms with Crippen molar-refractivity contribution in [1.82, 2.24) is 4.90 Å². The van der Waals surface area contributed by atoms with Crippen LogP contribution in [0.1, 0.15) is 39.2 Å². The van der Waals surface area contributed by atoms with Crippen molar-refractivity contribution in [3.63, 3.8) is 0 Å². The van der Waals surface area contributed by atoms with Gasteiger partial charge in [0.25, 0.3) is 0 Å². The number of nitrogens with zero attached hydrogens (tertiary/aromatic N) is 1. The number of hydrogen-bond acceptors (Lipinski definition) is 3. The van der Waals surface area contributed by atoms with E-state index >= 15 is 0 Å². The van der Waals surface area contributed by atoms with Gasteiger partial charge in [-0.2, -0.15) is 0 Å². The molecule has 4 heteroatoms. The molecule has 124 valence electrons. The number of terminal acetylenes is 1. The van der Waals surface area contributed by atoms with Gasteiger partial charge < -0.3 is 10.4 Å². The van der Waals surface area contributed by atoms with E-state index in [1.807, 2.05) is 12.1 Å². The Balaban J connectivity index is 2.02. The van der Waals surface area contributed by atoms with Crippen LogP contribution in [-0.2, 0) is 10.2 Å². The van der Waals surface area contributed by atoms with Gasteiger partial charge >= 0.3 is 0 Å². The lowest BCUT2D eigenvalue weighted by molar-refractivity contribution is -0.121. The standard InChI is InChI=1S/C19H26N2O2/c1-5-10-21-11-8-14(9-12-21)18(23)20-16-13-15(19(2,3)4)6-7-17(16)22/h1,6-7,13-14,22H,8-12H2,2-4H3,(H,20,23). The predicted octanol–water partition coefficient (Wildman–Crippen LogP) is 2.97. The van der Waals surface area contributed by atoms with Crippen LogP contribution in [0.15, 0.2) is 18.2 Å². The fourth-order valence-corrected chi connectivity index (χ4v) is 2.82. The van der Waals surface area contributed by atoms with Crippen LogP contribution in [-0.4, -0.2) is 35.5 Å². The smallest absolute Gasteiger partial charge is 0.227 e. The fourth-order valence-electron chi connectivity index (χ4n) is 2.82. The van der Waals surface area contributed by atoms with E-state index < -0.39 is 0 Å². The number of hydrogen-bond donors (Lipinski definition) is 2. The van der Waals surface area contributed by atoms with Crippen LogP contribution < -0.4 is 5.32 Å². The van der Waals surface area contributed by atoms with Gasteiger partial charge in [-0.05, 0) is 49.0 Å². The summed E-state index contributed by atoms with van der Waals surface area (Å²) in [4.78, 5) is 14.6. The molecule has 0 bridgehead atoms. The lowest BCUT2D eigenvalue weighted by atomic mass is 9.86. The number of carbonyl (C=O) groups excluding carboxylic acids is 1. The first-order valence-electron chi connectivity index (χ1n) is 8.11. The van der Waals surface area contributed by atoms with E-state index in [0.29, 0.717) is 12.2 Å². The number of aromatic hydroxyl groups is 1. The summed E-state index contributed by atoms with van der Waals surface area (Å²) in [6, 6.07) is 5.40. The van der Waals surface area contributed by atoms with Crippen molar-refractivity contribution < 1.29 is 9.90 Å². The summed E-state index contributed by atoms with van der Waals surface area (Å²) in [5.41, 5.74) is 1.54. The monoisotopic (exact) mass is 314 g/mol. The van der Waals surface area contributed by atoms with Gasteiger partial charge in [-0.3, -0.25) is 9.69 Å². The third kappa shape index (κ3) is 4.49. The first-order chi connectivity index (χ1) is 10.8. The largest absolute Gasteiger partial charge is 0.506 e. The van der Waals surface area contributed by atoms with E-state index in [4.69, 9.17) is 6.42 Å². The summed E-state index contributed by atoms with van der Waals surface area (Å²) in [6.45, 7) is 8.64. The average Bonchev–Trinajstić information content (AvgIpc) is 2.49. The zero-order valence-corrected chi connectivity index (χ0v) is 14.2. The predicted molar refractivity (Wildman–Crippen MR) is 93.4 cm³/mol. The Labute approximate surface area is 138 Å². The van der Waals surface area contributed by atoms with Crippen LogP contribution in [0.4, 0.5) is 5.69 Å². The molecule has 1 aliphatic heterocycles. The molecule has 1 aromatic rings. The SMILES string of the molecule is C#CCN1CCC(C(=O)Nc2cc(C(C)(C)C)ccc2O)CC1. The molecule has 2 N–H and O–H groups in total. The highest BCUT2D eigenvalue weighted by Crippen LogP contribution is 2.31. The average molecular weight is 314 g/mol. The Hall–Kier alpha value is -1.99. The summed E-state index contributed by atoms with van der Waals surface area (Å²) < 4.78 is 0. The molecular formula is C19H26N2O2. The molecule has 0 unspecified atom stereocenters. The van der Waals surface area contributed by atoms with Gasteiger partial charge in [-0.1, -0.05) is 32.8 Å². The Morgan fingerprint density at radius 1 is 1.39 bits per heavy atom. The second-order valence-electron chi connectivity index (χ2n) is 7.23. The molecule has 1 fully saturated rings. The van der Waals surface area contributed by atoms with Crippen molar-refractivity contribution in [1.29, 1.82) is 0 Å². The number of rotatable bonds is 3. The minimum Gasteiger partial charge on any atom is -0.506 e. The van der Waals surface area contributed by atoms with Crippen LogP contribution in [0.3, 0.4) is 0 Å². The Morgan fingerprint density at radius 2 is 2.04 bits per heavy atom. The molecule has 1 heterocycles. The van der Waals surface area contributed by atoms with E-state index in [1.165, 1.54) is 0 Å². The van der Waals surface area contributed by atoms with E-state index in [0.717, 1.165) is 31.5 Å². The Kier molecular flexibility index (Phi) is 5.33. The van der Waals surface area contributed by atoms with E-state index in [1.54, 1.807) is 6.07 Å². The van der Waals surface area contributed by atoms with E-state index in [9.17, 15) is 9.90 Å². The van der Waals surface area contributed by atoms with E-state index in [-0.39, 0.29) is 23.0 Å². The number of likely N-dealkylation sites (tertiary alicyclic amines) is 1.